The van der Waals surface area contributed by atoms with Crippen LogP contribution in [-0.4, -0.2) is 102 Å². The normalized spacial score (nSPS) is 13.6. The number of nitrogens with zero attached hydrogens (tertiary/aromatic N) is 3. The Labute approximate surface area is 358 Å². The van der Waals surface area contributed by atoms with Crippen molar-refractivity contribution >= 4 is 61.3 Å². The van der Waals surface area contributed by atoms with Crippen LogP contribution in [0, 0.1) is 0 Å². The van der Waals surface area contributed by atoms with Crippen LogP contribution in [0.1, 0.15) is 49.5 Å². The third-order valence-corrected chi connectivity index (χ3v) is 11.2. The van der Waals surface area contributed by atoms with E-state index >= 15 is 0 Å². The number of benzene rings is 4. The molecule has 5 aromatic rings. The number of nitrogens with one attached hydrogen (secondary N) is 5. The first-order chi connectivity index (χ1) is 29.1. The molecule has 1 saturated heterocycles. The van der Waals surface area contributed by atoms with Crippen molar-refractivity contribution < 1.29 is 32.2 Å². The summed E-state index contributed by atoms with van der Waals surface area (Å²) in [6, 6.07) is 22.8. The third kappa shape index (κ3) is 11.8. The molecule has 0 radical (unpaired) electrons. The molecule has 6 rings (SSSR count). The van der Waals surface area contributed by atoms with Crippen molar-refractivity contribution in [2.75, 3.05) is 87.5 Å². The van der Waals surface area contributed by atoms with E-state index in [-0.39, 0.29) is 22.8 Å². The molecule has 16 heteroatoms. The largest absolute Gasteiger partial charge is 0.497 e. The minimum atomic E-state index is -3.66. The van der Waals surface area contributed by atoms with Crippen molar-refractivity contribution in [2.45, 2.75) is 39.0 Å². The number of aromatic nitrogens is 1. The molecule has 0 unspecified atom stereocenters. The number of hydrogen-bond acceptors (Lipinski definition) is 11. The SMILES string of the molecule is CCCC(C)(C)c1cc(NC(=O)Nc2ccc(Oc3ccnc(Nc4cc(OC)cc(C(=O)NCCN5CCN(C)CC5)c4)c3)c3ccccc23)c(OC)c(NS(C)(=O)=O)c1. The van der Waals surface area contributed by atoms with Gasteiger partial charge in [-0.15, -0.1) is 0 Å². The standard InChI is InChI=1S/C45H56N8O7S/c1-8-16-45(2,3)31-26-38(42(59-6)39(27-31)51-61(7,56)57)50-44(55)49-37-13-14-40(36-12-10-9-11-35(36)37)60-33-15-17-46-41(29-33)48-32-24-30(25-34(28-32)58-5)43(54)47-18-19-53-22-20-52(4)21-23-53/h9-15,17,24-29,51H,8,16,18-23H2,1-7H3,(H,46,48)(H,47,54)(H2,49,50,55). The molecule has 1 fully saturated rings. The van der Waals surface area contributed by atoms with E-state index in [9.17, 15) is 18.0 Å². The molecule has 1 aliphatic heterocycles. The number of piperazine rings is 1. The predicted octanol–water partition coefficient (Wildman–Crippen LogP) is 7.86. The first-order valence-corrected chi connectivity index (χ1v) is 22.1. The second-order valence-corrected chi connectivity index (χ2v) is 17.6. The maximum absolute atomic E-state index is 13.7. The summed E-state index contributed by atoms with van der Waals surface area (Å²) < 4.78 is 44.7. The number of pyridine rings is 1. The van der Waals surface area contributed by atoms with Crippen LogP contribution >= 0.6 is 0 Å². The van der Waals surface area contributed by atoms with Gasteiger partial charge >= 0.3 is 6.03 Å². The summed E-state index contributed by atoms with van der Waals surface area (Å²) in [4.78, 5) is 36.0. The van der Waals surface area contributed by atoms with Crippen molar-refractivity contribution in [1.82, 2.24) is 20.1 Å². The van der Waals surface area contributed by atoms with Crippen molar-refractivity contribution in [3.8, 4) is 23.0 Å². The summed E-state index contributed by atoms with van der Waals surface area (Å²) in [5.74, 6) is 2.04. The van der Waals surface area contributed by atoms with Gasteiger partial charge in [-0.05, 0) is 66.9 Å². The molecule has 3 amide bonds. The number of likely N-dealkylation sites (N-methyl/N-ethyl adjacent to an activating group) is 1. The number of ether oxygens (including phenoxy) is 3. The van der Waals surface area contributed by atoms with Gasteiger partial charge in [0.1, 0.15) is 23.1 Å². The lowest BCUT2D eigenvalue weighted by Crippen LogP contribution is -2.46. The molecule has 0 saturated carbocycles. The molecule has 0 atom stereocenters. The van der Waals surface area contributed by atoms with Crippen LogP contribution in [0.3, 0.4) is 0 Å². The fourth-order valence-electron chi connectivity index (χ4n) is 7.36. The summed E-state index contributed by atoms with van der Waals surface area (Å²) in [5, 5.41) is 13.6. The van der Waals surface area contributed by atoms with Crippen molar-refractivity contribution in [2.24, 2.45) is 0 Å². The van der Waals surface area contributed by atoms with Crippen LogP contribution in [0.25, 0.3) is 10.8 Å². The third-order valence-electron chi connectivity index (χ3n) is 10.6. The van der Waals surface area contributed by atoms with E-state index in [1.165, 1.54) is 7.11 Å². The topological polar surface area (TPSA) is 175 Å². The van der Waals surface area contributed by atoms with Crippen LogP contribution in [-0.2, 0) is 15.4 Å². The molecule has 1 aromatic heterocycles. The molecule has 324 valence electrons. The zero-order valence-electron chi connectivity index (χ0n) is 35.8. The highest BCUT2D eigenvalue weighted by molar-refractivity contribution is 7.92. The minimum Gasteiger partial charge on any atom is -0.497 e. The van der Waals surface area contributed by atoms with Gasteiger partial charge in [0.05, 0.1) is 37.5 Å². The van der Waals surface area contributed by atoms with Crippen LogP contribution in [0.5, 0.6) is 23.0 Å². The van der Waals surface area contributed by atoms with E-state index in [0.29, 0.717) is 52.2 Å². The molecular weight excluding hydrogens is 797 g/mol. The summed E-state index contributed by atoms with van der Waals surface area (Å²) in [5.41, 5.74) is 2.64. The molecule has 1 aliphatic rings. The number of rotatable bonds is 17. The number of urea groups is 1. The second-order valence-electron chi connectivity index (χ2n) is 15.8. The Kier molecular flexibility index (Phi) is 14.2. The Morgan fingerprint density at radius 1 is 0.836 bits per heavy atom. The van der Waals surface area contributed by atoms with Gasteiger partial charge in [0.15, 0.2) is 5.75 Å². The quantitative estimate of drug-likeness (QED) is 0.0616. The van der Waals surface area contributed by atoms with Crippen LogP contribution in [0.4, 0.5) is 33.4 Å². The molecule has 0 bridgehead atoms. The van der Waals surface area contributed by atoms with E-state index in [1.54, 1.807) is 61.8 Å². The monoisotopic (exact) mass is 852 g/mol. The second kappa shape index (κ2) is 19.5. The number of carbonyl (C=O) groups excluding carboxylic acids is 2. The van der Waals surface area contributed by atoms with E-state index in [0.717, 1.165) is 68.2 Å². The summed E-state index contributed by atoms with van der Waals surface area (Å²) in [7, 11) is 1.44. The lowest BCUT2D eigenvalue weighted by molar-refractivity contribution is 0.0940. The van der Waals surface area contributed by atoms with Crippen molar-refractivity contribution in [3.63, 3.8) is 0 Å². The van der Waals surface area contributed by atoms with Crippen molar-refractivity contribution in [3.05, 3.63) is 96.2 Å². The predicted molar refractivity (Wildman–Crippen MR) is 243 cm³/mol. The maximum atomic E-state index is 13.7. The van der Waals surface area contributed by atoms with E-state index in [1.807, 2.05) is 30.3 Å². The fourth-order valence-corrected chi connectivity index (χ4v) is 7.91. The zero-order chi connectivity index (χ0) is 43.7. The van der Waals surface area contributed by atoms with Gasteiger partial charge in [0.25, 0.3) is 5.91 Å². The maximum Gasteiger partial charge on any atom is 0.323 e. The van der Waals surface area contributed by atoms with Gasteiger partial charge in [-0.1, -0.05) is 51.5 Å². The van der Waals surface area contributed by atoms with E-state index in [2.05, 4.69) is 68.6 Å². The number of amides is 3. The number of carbonyl (C=O) groups is 2. The Morgan fingerprint density at radius 2 is 1.56 bits per heavy atom. The van der Waals surface area contributed by atoms with Gasteiger partial charge in [0.2, 0.25) is 10.0 Å². The zero-order valence-corrected chi connectivity index (χ0v) is 36.7. The molecule has 4 aromatic carbocycles. The van der Waals surface area contributed by atoms with Gasteiger partial charge in [-0.2, -0.15) is 0 Å². The molecule has 15 nitrogen and oxygen atoms in total. The number of hydrogen-bond donors (Lipinski definition) is 5. The van der Waals surface area contributed by atoms with E-state index < -0.39 is 16.1 Å². The number of methoxy groups -OCH3 is 2. The Balaban J connectivity index is 1.17. The first-order valence-electron chi connectivity index (χ1n) is 20.2. The Hall–Kier alpha value is -6.10. The molecule has 0 aliphatic carbocycles. The highest BCUT2D eigenvalue weighted by Crippen LogP contribution is 2.41. The minimum absolute atomic E-state index is 0.181. The summed E-state index contributed by atoms with van der Waals surface area (Å²) in [6.45, 7) is 11.5. The van der Waals surface area contributed by atoms with Crippen LogP contribution in [0.15, 0.2) is 85.1 Å². The molecule has 0 spiro atoms. The lowest BCUT2D eigenvalue weighted by Gasteiger charge is -2.32. The first kappa shape index (κ1) is 44.5. The molecule has 2 heterocycles. The fraction of sp³-hybridized carbons (Fsp3) is 0.356. The van der Waals surface area contributed by atoms with Gasteiger partial charge < -0.3 is 40.4 Å². The van der Waals surface area contributed by atoms with Gasteiger partial charge in [0, 0.05) is 79.6 Å². The number of sulfonamides is 1. The number of anilines is 5. The smallest absolute Gasteiger partial charge is 0.323 e. The summed E-state index contributed by atoms with van der Waals surface area (Å²) in [6.07, 6.45) is 4.43. The highest BCUT2D eigenvalue weighted by atomic mass is 32.2. The molecular formula is C45H56N8O7S. The van der Waals surface area contributed by atoms with Crippen molar-refractivity contribution in [1.29, 1.82) is 0 Å². The highest BCUT2D eigenvalue weighted by Gasteiger charge is 2.25. The van der Waals surface area contributed by atoms with Crippen LogP contribution < -0.4 is 40.2 Å². The van der Waals surface area contributed by atoms with Crippen LogP contribution in [0.2, 0.25) is 0 Å². The molecule has 61 heavy (non-hydrogen) atoms. The van der Waals surface area contributed by atoms with Gasteiger partial charge in [-0.25, -0.2) is 18.2 Å². The van der Waals surface area contributed by atoms with E-state index in [4.69, 9.17) is 14.2 Å². The Morgan fingerprint density at radius 3 is 2.26 bits per heavy atom. The average molecular weight is 853 g/mol. The average Bonchev–Trinajstić information content (AvgIpc) is 3.21. The summed E-state index contributed by atoms with van der Waals surface area (Å²) >= 11 is 0. The lowest BCUT2D eigenvalue weighted by atomic mass is 9.80. The Bertz CT molecular complexity index is 2470. The number of fused-ring (bicyclic) bond motifs is 1. The van der Waals surface area contributed by atoms with Gasteiger partial charge in [-0.3, -0.25) is 14.4 Å². The molecule has 5 N–H and O–H groups in total.